The highest BCUT2D eigenvalue weighted by Gasteiger charge is 2.28. The van der Waals surface area contributed by atoms with Gasteiger partial charge in [-0.1, -0.05) is 65.5 Å². The number of para-hydroxylation sites is 2. The van der Waals surface area contributed by atoms with Crippen LogP contribution in [0.15, 0.2) is 87.7 Å². The normalized spacial score (nSPS) is 13.0. The molecule has 1 atom stereocenters. The monoisotopic (exact) mass is 529 g/mol. The fraction of sp³-hybridized carbons (Fsp3) is 0.214. The highest BCUT2D eigenvalue weighted by Crippen LogP contribution is 2.48. The molecule has 9 heteroatoms. The number of aromatic nitrogens is 3. The summed E-state index contributed by atoms with van der Waals surface area (Å²) < 4.78 is 1.95. The summed E-state index contributed by atoms with van der Waals surface area (Å²) in [4.78, 5) is 30.2. The molecule has 1 aliphatic rings. The van der Waals surface area contributed by atoms with E-state index in [1.54, 1.807) is 16.7 Å². The first kappa shape index (κ1) is 25.1. The summed E-state index contributed by atoms with van der Waals surface area (Å²) >= 11 is 3.03. The largest absolute Gasteiger partial charge is 0.342 e. The summed E-state index contributed by atoms with van der Waals surface area (Å²) in [6.07, 6.45) is 0. The minimum absolute atomic E-state index is 0.0295. The average molecular weight is 530 g/mol. The third-order valence-corrected chi connectivity index (χ3v) is 8.20. The molecule has 0 saturated heterocycles. The maximum Gasteiger partial charge on any atom is 0.251 e. The average Bonchev–Trinajstić information content (AvgIpc) is 3.33. The molecule has 188 valence electrons. The quantitative estimate of drug-likeness (QED) is 0.295. The van der Waals surface area contributed by atoms with Gasteiger partial charge in [0.1, 0.15) is 0 Å². The van der Waals surface area contributed by atoms with Gasteiger partial charge in [0, 0.05) is 21.9 Å². The molecule has 0 bridgehead atoms. The van der Waals surface area contributed by atoms with Gasteiger partial charge in [0.2, 0.25) is 5.91 Å². The minimum Gasteiger partial charge on any atom is -0.342 e. The number of nitrogens with zero attached hydrogens (tertiary/aromatic N) is 4. The Morgan fingerprint density at radius 3 is 2.19 bits per heavy atom. The molecule has 0 saturated carbocycles. The first-order valence-corrected chi connectivity index (χ1v) is 13.9. The lowest BCUT2D eigenvalue weighted by molar-refractivity contribution is -0.115. The molecular formula is C28H27N5O2S2. The number of benzene rings is 3. The fourth-order valence-corrected chi connectivity index (χ4v) is 6.15. The summed E-state index contributed by atoms with van der Waals surface area (Å²) in [7, 11) is 0. The van der Waals surface area contributed by atoms with Crippen LogP contribution in [0, 0.1) is 6.92 Å². The molecule has 3 aromatic carbocycles. The Bertz CT molecular complexity index is 1410. The molecule has 0 spiro atoms. The number of amides is 2. The molecule has 4 aromatic rings. The number of fused-ring (bicyclic) bond motifs is 2. The highest BCUT2D eigenvalue weighted by molar-refractivity contribution is 8.00. The van der Waals surface area contributed by atoms with E-state index in [9.17, 15) is 9.59 Å². The van der Waals surface area contributed by atoms with Gasteiger partial charge in [0.05, 0.1) is 23.2 Å². The van der Waals surface area contributed by atoms with Gasteiger partial charge in [-0.2, -0.15) is 0 Å². The maximum atomic E-state index is 13.5. The molecule has 1 N–H and O–H groups in total. The Balaban J connectivity index is 1.31. The summed E-state index contributed by atoms with van der Waals surface area (Å²) in [5.74, 6) is 0.666. The van der Waals surface area contributed by atoms with Crippen molar-refractivity contribution in [2.75, 3.05) is 10.7 Å². The van der Waals surface area contributed by atoms with Crippen molar-refractivity contribution in [3.63, 3.8) is 0 Å². The van der Waals surface area contributed by atoms with Crippen LogP contribution in [-0.2, 0) is 11.3 Å². The Labute approximate surface area is 224 Å². The van der Waals surface area contributed by atoms with Crippen LogP contribution in [0.2, 0.25) is 0 Å². The molecule has 0 unspecified atom stereocenters. The second kappa shape index (κ2) is 10.8. The third-order valence-electron chi connectivity index (χ3n) is 6.12. The van der Waals surface area contributed by atoms with Gasteiger partial charge in [-0.3, -0.25) is 14.5 Å². The molecule has 0 aliphatic carbocycles. The number of rotatable bonds is 7. The van der Waals surface area contributed by atoms with Crippen molar-refractivity contribution in [2.24, 2.45) is 0 Å². The third kappa shape index (κ3) is 5.14. The Morgan fingerprint density at radius 1 is 0.946 bits per heavy atom. The number of aryl methyl sites for hydroxylation is 1. The van der Waals surface area contributed by atoms with Crippen LogP contribution in [0.1, 0.15) is 41.6 Å². The zero-order valence-electron chi connectivity index (χ0n) is 20.8. The van der Waals surface area contributed by atoms with E-state index in [1.807, 2.05) is 98.1 Å². The van der Waals surface area contributed by atoms with E-state index in [-0.39, 0.29) is 23.6 Å². The summed E-state index contributed by atoms with van der Waals surface area (Å²) in [5.41, 5.74) is 3.48. The minimum atomic E-state index is -0.343. The summed E-state index contributed by atoms with van der Waals surface area (Å²) in [5, 5.41) is 12.4. The van der Waals surface area contributed by atoms with Gasteiger partial charge in [-0.15, -0.1) is 10.2 Å². The van der Waals surface area contributed by atoms with Gasteiger partial charge in [0.15, 0.2) is 11.0 Å². The van der Waals surface area contributed by atoms with Crippen LogP contribution < -0.4 is 10.2 Å². The number of anilines is 2. The molecule has 0 fully saturated rings. The molecule has 7 nitrogen and oxygen atoms in total. The molecule has 1 aliphatic heterocycles. The number of nitrogens with one attached hydrogen (secondary N) is 1. The first-order chi connectivity index (χ1) is 18.0. The number of hydrogen-bond acceptors (Lipinski definition) is 6. The van der Waals surface area contributed by atoms with Crippen LogP contribution in [0.3, 0.4) is 0 Å². The van der Waals surface area contributed by atoms with E-state index in [0.717, 1.165) is 26.7 Å². The van der Waals surface area contributed by atoms with Crippen LogP contribution in [-0.4, -0.2) is 32.3 Å². The Morgan fingerprint density at radius 2 is 1.57 bits per heavy atom. The van der Waals surface area contributed by atoms with Gasteiger partial charge in [-0.25, -0.2) is 0 Å². The van der Waals surface area contributed by atoms with Gasteiger partial charge in [-0.05, 0) is 57.2 Å². The molecule has 37 heavy (non-hydrogen) atoms. The van der Waals surface area contributed by atoms with Crippen molar-refractivity contribution in [2.45, 2.75) is 48.3 Å². The van der Waals surface area contributed by atoms with E-state index in [0.29, 0.717) is 23.1 Å². The topological polar surface area (TPSA) is 80.1 Å². The van der Waals surface area contributed by atoms with E-state index < -0.39 is 0 Å². The number of thioether (sulfide) groups is 1. The maximum absolute atomic E-state index is 13.5. The molecule has 1 aromatic heterocycles. The second-order valence-corrected chi connectivity index (χ2v) is 10.7. The number of carbonyl (C=O) groups excluding carboxylic acids is 2. The van der Waals surface area contributed by atoms with Crippen molar-refractivity contribution in [3.05, 3.63) is 89.7 Å². The van der Waals surface area contributed by atoms with E-state index in [2.05, 4.69) is 15.5 Å². The van der Waals surface area contributed by atoms with Gasteiger partial charge < -0.3 is 9.88 Å². The number of hydrogen-bond donors (Lipinski definition) is 1. The van der Waals surface area contributed by atoms with Crippen molar-refractivity contribution >= 4 is 46.7 Å². The van der Waals surface area contributed by atoms with E-state index in [1.165, 1.54) is 11.8 Å². The van der Waals surface area contributed by atoms with Gasteiger partial charge >= 0.3 is 0 Å². The van der Waals surface area contributed by atoms with Gasteiger partial charge in [0.25, 0.3) is 5.91 Å². The van der Waals surface area contributed by atoms with Crippen LogP contribution >= 0.6 is 23.5 Å². The second-order valence-electron chi connectivity index (χ2n) is 8.70. The zero-order chi connectivity index (χ0) is 25.9. The van der Waals surface area contributed by atoms with E-state index in [4.69, 9.17) is 0 Å². The highest BCUT2D eigenvalue weighted by atomic mass is 32.2. The zero-order valence-corrected chi connectivity index (χ0v) is 22.5. The van der Waals surface area contributed by atoms with Crippen LogP contribution in [0.4, 0.5) is 11.4 Å². The Hall–Kier alpha value is -3.56. The van der Waals surface area contributed by atoms with Crippen molar-refractivity contribution in [3.8, 4) is 0 Å². The molecule has 2 heterocycles. The smallest absolute Gasteiger partial charge is 0.251 e. The lowest BCUT2D eigenvalue weighted by atomic mass is 10.1. The van der Waals surface area contributed by atoms with Crippen LogP contribution in [0.5, 0.6) is 0 Å². The number of carbonyl (C=O) groups is 2. The lowest BCUT2D eigenvalue weighted by Gasteiger charge is -2.30. The standard InChI is InChI=1S/C28H27N5O2S2/c1-4-32-26(19(3)29-27(35)20-15-13-18(2)14-16-20)30-31-28(32)36-17-25(34)33-21-9-5-7-11-23(21)37-24-12-8-6-10-22(24)33/h5-16,19H,4,17H2,1-3H3,(H,29,35)/t19-/m0/s1. The van der Waals surface area contributed by atoms with Crippen molar-refractivity contribution in [1.82, 2.24) is 20.1 Å². The molecule has 0 radical (unpaired) electrons. The van der Waals surface area contributed by atoms with E-state index >= 15 is 0 Å². The van der Waals surface area contributed by atoms with Crippen molar-refractivity contribution in [1.29, 1.82) is 0 Å². The summed E-state index contributed by atoms with van der Waals surface area (Å²) in [6, 6.07) is 23.0. The SMILES string of the molecule is CCn1c(SCC(=O)N2c3ccccc3Sc3ccccc32)nnc1[C@H](C)NC(=O)c1ccc(C)cc1. The fourth-order valence-electron chi connectivity index (χ4n) is 4.24. The molecule has 5 rings (SSSR count). The molecule has 2 amide bonds. The first-order valence-electron chi connectivity index (χ1n) is 12.1. The van der Waals surface area contributed by atoms with Crippen molar-refractivity contribution < 1.29 is 9.59 Å². The Kier molecular flexibility index (Phi) is 7.34. The van der Waals surface area contributed by atoms with Crippen LogP contribution in [0.25, 0.3) is 0 Å². The lowest BCUT2D eigenvalue weighted by Crippen LogP contribution is -2.30. The molecular weight excluding hydrogens is 502 g/mol. The predicted molar refractivity (Wildman–Crippen MR) is 148 cm³/mol. The summed E-state index contributed by atoms with van der Waals surface area (Å²) in [6.45, 7) is 6.50. The predicted octanol–water partition coefficient (Wildman–Crippen LogP) is 6.02.